The summed E-state index contributed by atoms with van der Waals surface area (Å²) in [5.41, 5.74) is 5.29. The molecule has 5 fully saturated rings. The lowest BCUT2D eigenvalue weighted by Crippen LogP contribution is -2.62. The number of fused-ring (bicyclic) bond motifs is 4. The molecule has 6 aliphatic rings. The summed E-state index contributed by atoms with van der Waals surface area (Å²) >= 11 is 4.72. The van der Waals surface area contributed by atoms with Crippen molar-refractivity contribution in [1.29, 1.82) is 0 Å². The van der Waals surface area contributed by atoms with Crippen molar-refractivity contribution >= 4 is 56.7 Å². The number of hydrogen-bond donors (Lipinski definition) is 2. The third-order valence-electron chi connectivity index (χ3n) is 10.9. The number of halogens is 4. The number of rotatable bonds is 6. The number of hydrogen-bond acceptors (Lipinski definition) is 8. The van der Waals surface area contributed by atoms with Gasteiger partial charge in [0.15, 0.2) is 6.10 Å². The molecule has 266 valence electrons. The number of thiophene rings is 1. The van der Waals surface area contributed by atoms with Crippen LogP contribution >= 0.6 is 27.3 Å². The lowest BCUT2D eigenvalue weighted by atomic mass is 9.83. The number of anilines is 2. The Kier molecular flexibility index (Phi) is 9.76. The number of carbonyl (C=O) groups excluding carboxylic acids is 3. The summed E-state index contributed by atoms with van der Waals surface area (Å²) in [6, 6.07) is 4.48. The molecule has 6 aliphatic heterocycles. The summed E-state index contributed by atoms with van der Waals surface area (Å²) in [5.74, 6) is 0.240. The first-order chi connectivity index (χ1) is 23.4. The van der Waals surface area contributed by atoms with Gasteiger partial charge >= 0.3 is 18.3 Å². The quantitative estimate of drug-likeness (QED) is 0.402. The lowest BCUT2D eigenvalue weighted by Gasteiger charge is -2.51. The summed E-state index contributed by atoms with van der Waals surface area (Å²) in [6.45, 7) is 6.75. The molecule has 1 aromatic heterocycles. The summed E-state index contributed by atoms with van der Waals surface area (Å²) in [4.78, 5) is 51.4. The molecule has 4 amide bonds. The van der Waals surface area contributed by atoms with Crippen LogP contribution in [0.3, 0.4) is 0 Å². The van der Waals surface area contributed by atoms with Crippen LogP contribution in [0.1, 0.15) is 41.7 Å². The number of likely N-dealkylation sites (tertiary alicyclic amines) is 1. The van der Waals surface area contributed by atoms with E-state index in [9.17, 15) is 27.6 Å². The van der Waals surface area contributed by atoms with E-state index in [1.54, 1.807) is 21.1 Å². The van der Waals surface area contributed by atoms with Crippen molar-refractivity contribution in [2.75, 3.05) is 70.0 Å². The molecular formula is C33H41BrF3N7O4S. The predicted molar refractivity (Wildman–Crippen MR) is 182 cm³/mol. The zero-order valence-corrected chi connectivity index (χ0v) is 29.5. The highest BCUT2D eigenvalue weighted by Crippen LogP contribution is 2.39. The van der Waals surface area contributed by atoms with Crippen LogP contribution in [0.25, 0.3) is 0 Å². The molecule has 11 nitrogen and oxygen atoms in total. The van der Waals surface area contributed by atoms with Crippen LogP contribution in [0.4, 0.5) is 34.1 Å². The zero-order valence-electron chi connectivity index (χ0n) is 27.1. The van der Waals surface area contributed by atoms with Crippen molar-refractivity contribution < 1.29 is 32.3 Å². The second-order valence-electron chi connectivity index (χ2n) is 13.7. The van der Waals surface area contributed by atoms with E-state index >= 15 is 0 Å². The lowest BCUT2D eigenvalue weighted by molar-refractivity contribution is -0.143. The summed E-state index contributed by atoms with van der Waals surface area (Å²) in [7, 11) is 0. The number of nitrogens with zero attached hydrogens (tertiary/aromatic N) is 5. The second kappa shape index (κ2) is 13.9. The van der Waals surface area contributed by atoms with Crippen LogP contribution in [-0.2, 0) is 28.7 Å². The van der Waals surface area contributed by atoms with Gasteiger partial charge in [-0.2, -0.15) is 13.2 Å². The molecule has 49 heavy (non-hydrogen) atoms. The van der Waals surface area contributed by atoms with Crippen LogP contribution in [0.15, 0.2) is 28.1 Å². The minimum Gasteiger partial charge on any atom is -0.436 e. The number of piperidine rings is 4. The number of benzene rings is 1. The Labute approximate surface area is 295 Å². The van der Waals surface area contributed by atoms with Crippen LogP contribution in [0.5, 0.6) is 0 Å². The Morgan fingerprint density at radius 2 is 1.73 bits per heavy atom. The maximum atomic E-state index is 14.0. The number of amides is 4. The smallest absolute Gasteiger partial charge is 0.418 e. The highest BCUT2D eigenvalue weighted by Gasteiger charge is 2.41. The Morgan fingerprint density at radius 1 is 1.02 bits per heavy atom. The van der Waals surface area contributed by atoms with Crippen molar-refractivity contribution in [2.24, 2.45) is 5.92 Å². The van der Waals surface area contributed by atoms with Gasteiger partial charge in [0.1, 0.15) is 0 Å². The fraction of sp³-hybridized carbons (Fsp3) is 0.606. The zero-order chi connectivity index (χ0) is 34.4. The van der Waals surface area contributed by atoms with Gasteiger partial charge < -0.3 is 35.4 Å². The number of ether oxygens (including phenoxy) is 1. The molecule has 16 heteroatoms. The van der Waals surface area contributed by atoms with E-state index in [1.165, 1.54) is 23.8 Å². The van der Waals surface area contributed by atoms with E-state index < -0.39 is 35.5 Å². The number of nitrogens with two attached hydrogens (primary N) is 1. The maximum absolute atomic E-state index is 14.0. The molecule has 2 bridgehead atoms. The third kappa shape index (κ3) is 7.24. The predicted octanol–water partition coefficient (Wildman–Crippen LogP) is 4.91. The fourth-order valence-corrected chi connectivity index (χ4v) is 9.42. The van der Waals surface area contributed by atoms with Crippen molar-refractivity contribution in [2.45, 2.75) is 63.0 Å². The molecule has 1 aromatic carbocycles. The minimum absolute atomic E-state index is 0.0551. The first kappa shape index (κ1) is 34.4. The molecule has 3 N–H and O–H groups in total. The number of nitrogens with one attached hydrogen (secondary N) is 1. The van der Waals surface area contributed by atoms with E-state index in [4.69, 9.17) is 10.5 Å². The van der Waals surface area contributed by atoms with Crippen molar-refractivity contribution in [3.8, 4) is 0 Å². The maximum Gasteiger partial charge on any atom is 0.418 e. The third-order valence-corrected chi connectivity index (χ3v) is 12.4. The molecule has 0 spiro atoms. The number of urea groups is 1. The average molecular weight is 769 g/mol. The molecule has 7 heterocycles. The number of alkyl halides is 3. The Balaban J connectivity index is 1.03. The molecule has 0 saturated carbocycles. The molecule has 2 aromatic rings. The molecule has 2 atom stereocenters. The van der Waals surface area contributed by atoms with Gasteiger partial charge in [0.25, 0.3) is 5.91 Å². The Hall–Kier alpha value is -3.08. The van der Waals surface area contributed by atoms with Crippen molar-refractivity contribution in [3.05, 3.63) is 44.1 Å². The minimum atomic E-state index is -4.70. The highest BCUT2D eigenvalue weighted by molar-refractivity contribution is 9.10. The van der Waals surface area contributed by atoms with E-state index in [0.717, 1.165) is 36.3 Å². The van der Waals surface area contributed by atoms with Crippen molar-refractivity contribution in [1.82, 2.24) is 24.5 Å². The SMILES string of the molecule is Nc1c(Br)cc(C[C@@H](OC(=O)N2CCC(N3Cc4sccc4NC3=O)CC2)C(=O)N2CCN(C3CN4CCC3CC4)CC2)cc1C(F)(F)F. The van der Waals surface area contributed by atoms with E-state index in [0.29, 0.717) is 70.6 Å². The highest BCUT2D eigenvalue weighted by atomic mass is 79.9. The van der Waals surface area contributed by atoms with Gasteiger partial charge in [-0.15, -0.1) is 11.3 Å². The standard InChI is InChI=1S/C33H41BrF3N7O4S/c34-24-16-20(15-23(29(24)38)33(35,36)37)17-27(30(45)42-12-10-41(11-13-42)26-18-40-6-1-21(26)2-7-40)48-32(47)43-8-3-22(4-9-43)44-19-28-25(5-14-49-28)39-31(44)46/h5,14-16,21-22,26-27H,1-4,6-13,17-19,38H2,(H,39,46)/t26?,27-/m1/s1. The number of carbonyl (C=O) groups is 3. The Morgan fingerprint density at radius 3 is 2.39 bits per heavy atom. The summed E-state index contributed by atoms with van der Waals surface area (Å²) in [5, 5.41) is 4.87. The topological polar surface area (TPSA) is 115 Å². The molecule has 1 unspecified atom stereocenters. The van der Waals surface area contributed by atoms with Crippen LogP contribution in [-0.4, -0.2) is 120 Å². The van der Waals surface area contributed by atoms with Gasteiger partial charge in [-0.1, -0.05) is 0 Å². The van der Waals surface area contributed by atoms with Gasteiger partial charge in [0, 0.05) is 73.7 Å². The van der Waals surface area contributed by atoms with Crippen LogP contribution in [0, 0.1) is 5.92 Å². The summed E-state index contributed by atoms with van der Waals surface area (Å²) in [6.07, 6.45) is -3.52. The average Bonchev–Trinajstić information content (AvgIpc) is 3.56. The first-order valence-corrected chi connectivity index (χ1v) is 18.6. The van der Waals surface area contributed by atoms with E-state index in [1.807, 2.05) is 11.4 Å². The van der Waals surface area contributed by atoms with Crippen molar-refractivity contribution in [3.63, 3.8) is 0 Å². The van der Waals surface area contributed by atoms with Crippen LogP contribution in [0.2, 0.25) is 0 Å². The molecule has 0 radical (unpaired) electrons. The summed E-state index contributed by atoms with van der Waals surface area (Å²) < 4.78 is 47.5. The van der Waals surface area contributed by atoms with Gasteiger partial charge in [0.2, 0.25) is 0 Å². The molecular weight excluding hydrogens is 727 g/mol. The van der Waals surface area contributed by atoms with Gasteiger partial charge in [-0.05, 0) is 89.8 Å². The number of piperazine rings is 1. The van der Waals surface area contributed by atoms with E-state index in [-0.39, 0.29) is 28.5 Å². The first-order valence-electron chi connectivity index (χ1n) is 16.9. The Bertz CT molecular complexity index is 1570. The van der Waals surface area contributed by atoms with E-state index in [2.05, 4.69) is 31.0 Å². The molecule has 8 rings (SSSR count). The normalized spacial score (nSPS) is 25.6. The molecule has 0 aliphatic carbocycles. The van der Waals surface area contributed by atoms with Gasteiger partial charge in [-0.25, -0.2) is 9.59 Å². The molecule has 5 saturated heterocycles. The fourth-order valence-electron chi connectivity index (χ4n) is 8.08. The van der Waals surface area contributed by atoms with Gasteiger partial charge in [-0.3, -0.25) is 9.69 Å². The second-order valence-corrected chi connectivity index (χ2v) is 15.6. The largest absolute Gasteiger partial charge is 0.436 e. The number of nitrogen functional groups attached to an aromatic ring is 1. The van der Waals surface area contributed by atoms with Crippen LogP contribution < -0.4 is 11.1 Å². The van der Waals surface area contributed by atoms with Gasteiger partial charge in [0.05, 0.1) is 23.5 Å². The monoisotopic (exact) mass is 767 g/mol.